The van der Waals surface area contributed by atoms with E-state index in [0.717, 1.165) is 0 Å². The van der Waals surface area contributed by atoms with Crippen molar-refractivity contribution in [2.45, 2.75) is 24.3 Å². The molecule has 0 aliphatic heterocycles. The maximum atomic E-state index is 12.2. The molecule has 0 saturated carbocycles. The van der Waals surface area contributed by atoms with Crippen LogP contribution < -0.4 is 31.1 Å². The quantitative estimate of drug-likeness (QED) is 0.173. The van der Waals surface area contributed by atoms with E-state index in [9.17, 15) is 10.2 Å². The molecule has 6 aromatic carbocycles. The summed E-state index contributed by atoms with van der Waals surface area (Å²) in [4.78, 5) is 0. The second-order valence-corrected chi connectivity index (χ2v) is 19.5. The van der Waals surface area contributed by atoms with Gasteiger partial charge in [-0.3, -0.25) is 0 Å². The molecule has 0 aromatic heterocycles. The van der Waals surface area contributed by atoms with Gasteiger partial charge in [-0.1, -0.05) is 182 Å². The van der Waals surface area contributed by atoms with Gasteiger partial charge in [-0.25, -0.2) is 0 Å². The zero-order valence-electron chi connectivity index (χ0n) is 24.8. The average molecular weight is 607 g/mol. The molecule has 218 valence electrons. The summed E-state index contributed by atoms with van der Waals surface area (Å²) in [5.74, 6) is 0. The maximum Gasteiger partial charge on any atom is 0.150 e. The Hall–Kier alpha value is -4.33. The minimum absolute atomic E-state index is 0.467. The minimum Gasteiger partial charge on any atom is -0.391 e. The molecule has 0 heterocycles. The fraction of sp³-hybridized carbons (Fsp3) is 0.100. The van der Waals surface area contributed by atoms with Crippen LogP contribution in [0.15, 0.2) is 182 Å². The van der Waals surface area contributed by atoms with Crippen LogP contribution in [0, 0.1) is 0 Å². The number of benzene rings is 6. The van der Waals surface area contributed by atoms with Crippen LogP contribution in [-0.2, 0) is 0 Å². The fourth-order valence-electron chi connectivity index (χ4n) is 6.94. The first kappa shape index (κ1) is 29.7. The van der Waals surface area contributed by atoms with Crippen LogP contribution in [0.25, 0.3) is 0 Å². The van der Waals surface area contributed by atoms with Gasteiger partial charge in [-0.2, -0.15) is 0 Å². The number of hydrogen-bond donors (Lipinski definition) is 2. The van der Waals surface area contributed by atoms with E-state index in [2.05, 4.69) is 146 Å². The third-order valence-corrected chi connectivity index (χ3v) is 19.0. The molecule has 6 aromatic rings. The topological polar surface area (TPSA) is 40.5 Å². The second-order valence-electron chi connectivity index (χ2n) is 11.5. The van der Waals surface area contributed by atoms with Crippen molar-refractivity contribution in [3.8, 4) is 0 Å². The van der Waals surface area contributed by atoms with E-state index in [0.29, 0.717) is 12.1 Å². The molecule has 44 heavy (non-hydrogen) atoms. The van der Waals surface area contributed by atoms with E-state index in [1.165, 1.54) is 31.1 Å². The summed E-state index contributed by atoms with van der Waals surface area (Å²) in [5, 5.41) is 31.8. The summed E-state index contributed by atoms with van der Waals surface area (Å²) in [6.07, 6.45) is -1.88. The van der Waals surface area contributed by atoms with Gasteiger partial charge in [-0.15, -0.1) is 0 Å². The van der Waals surface area contributed by atoms with Crippen LogP contribution in [0.3, 0.4) is 0 Å². The molecule has 2 atom stereocenters. The van der Waals surface area contributed by atoms with E-state index < -0.39 is 28.4 Å². The third-order valence-electron chi connectivity index (χ3n) is 9.07. The Balaban J connectivity index is 1.48. The lowest BCUT2D eigenvalue weighted by atomic mass is 10.2. The summed E-state index contributed by atoms with van der Waals surface area (Å²) < 4.78 is 0. The molecule has 6 rings (SSSR count). The van der Waals surface area contributed by atoms with E-state index in [1.807, 2.05) is 36.4 Å². The molecule has 0 spiro atoms. The molecule has 0 bridgehead atoms. The highest BCUT2D eigenvalue weighted by molar-refractivity contribution is 7.12. The van der Waals surface area contributed by atoms with Gasteiger partial charge in [0.25, 0.3) is 0 Å². The smallest absolute Gasteiger partial charge is 0.150 e. The second kappa shape index (κ2) is 13.5. The lowest BCUT2D eigenvalue weighted by molar-refractivity contribution is 0.0429. The molecule has 2 N–H and O–H groups in total. The molecule has 0 aliphatic carbocycles. The van der Waals surface area contributed by atoms with Crippen molar-refractivity contribution < 1.29 is 10.2 Å². The lowest BCUT2D eigenvalue weighted by Crippen LogP contribution is -2.70. The van der Waals surface area contributed by atoms with E-state index in [1.54, 1.807) is 0 Å². The monoisotopic (exact) mass is 606 g/mol. The Kier molecular flexibility index (Phi) is 9.15. The van der Waals surface area contributed by atoms with Gasteiger partial charge >= 0.3 is 0 Å². The van der Waals surface area contributed by atoms with Crippen molar-refractivity contribution in [1.29, 1.82) is 0 Å². The Labute approximate surface area is 263 Å². The van der Waals surface area contributed by atoms with Crippen LogP contribution in [0.4, 0.5) is 0 Å². The molecular weight excluding hydrogens is 569 g/mol. The number of hydrogen-bond acceptors (Lipinski definition) is 2. The molecular formula is C40H38O2Si2. The SMILES string of the molecule is O[C@H](C[Si](c1ccccc1)(c1ccccc1)c1ccccc1)[C@@H](O)C[Si](c1ccccc1)(c1ccccc1)c1ccccc1. The molecule has 2 nitrogen and oxygen atoms in total. The summed E-state index contributed by atoms with van der Waals surface area (Å²) in [5.41, 5.74) is 0. The summed E-state index contributed by atoms with van der Waals surface area (Å²) in [7, 11) is -5.51. The molecule has 0 amide bonds. The van der Waals surface area contributed by atoms with Gasteiger partial charge in [-0.05, 0) is 43.2 Å². The van der Waals surface area contributed by atoms with Gasteiger partial charge in [0.1, 0.15) is 0 Å². The highest BCUT2D eigenvalue weighted by atomic mass is 28.3. The van der Waals surface area contributed by atoms with E-state index >= 15 is 0 Å². The molecule has 0 fully saturated rings. The molecule has 0 unspecified atom stereocenters. The standard InChI is InChI=1S/C40H38O2Si2/c41-39(31-43(33-19-7-1-8-20-33,34-21-9-2-10-22-34)35-23-11-3-12-24-35)40(42)32-44(36-25-13-4-14-26-36,37-27-15-5-16-28-37)38-29-17-6-18-30-38/h1-30,39-42H,31-32H2/t39-,40+. The highest BCUT2D eigenvalue weighted by Crippen LogP contribution is 2.23. The van der Waals surface area contributed by atoms with Crippen molar-refractivity contribution >= 4 is 47.3 Å². The van der Waals surface area contributed by atoms with E-state index in [-0.39, 0.29) is 0 Å². The minimum atomic E-state index is -2.76. The van der Waals surface area contributed by atoms with Gasteiger partial charge < -0.3 is 10.2 Å². The van der Waals surface area contributed by atoms with Crippen LogP contribution >= 0.6 is 0 Å². The maximum absolute atomic E-state index is 12.2. The van der Waals surface area contributed by atoms with Crippen LogP contribution in [0.2, 0.25) is 12.1 Å². The Bertz CT molecular complexity index is 1390. The zero-order chi connectivity index (χ0) is 30.2. The zero-order valence-corrected chi connectivity index (χ0v) is 26.8. The Morgan fingerprint density at radius 1 is 0.295 bits per heavy atom. The molecule has 0 radical (unpaired) electrons. The van der Waals surface area contributed by atoms with Crippen LogP contribution in [-0.4, -0.2) is 38.6 Å². The first-order chi connectivity index (χ1) is 21.6. The average Bonchev–Trinajstić information content (AvgIpc) is 3.11. The molecule has 0 saturated heterocycles. The predicted octanol–water partition coefficient (Wildman–Crippen LogP) is 4.05. The molecule has 4 heteroatoms. The normalized spacial score (nSPS) is 13.2. The summed E-state index contributed by atoms with van der Waals surface area (Å²) >= 11 is 0. The first-order valence-electron chi connectivity index (χ1n) is 15.3. The van der Waals surface area contributed by atoms with Crippen LogP contribution in [0.5, 0.6) is 0 Å². The first-order valence-corrected chi connectivity index (χ1v) is 19.8. The van der Waals surface area contributed by atoms with Crippen molar-refractivity contribution in [2.24, 2.45) is 0 Å². The Morgan fingerprint density at radius 2 is 0.455 bits per heavy atom. The number of rotatable bonds is 11. The summed E-state index contributed by atoms with van der Waals surface area (Å²) in [6, 6.07) is 64.6. The predicted molar refractivity (Wildman–Crippen MR) is 190 cm³/mol. The van der Waals surface area contributed by atoms with Gasteiger partial charge in [0.15, 0.2) is 16.1 Å². The van der Waals surface area contributed by atoms with Crippen molar-refractivity contribution in [3.63, 3.8) is 0 Å². The highest BCUT2D eigenvalue weighted by Gasteiger charge is 2.46. The van der Waals surface area contributed by atoms with Crippen molar-refractivity contribution in [1.82, 2.24) is 0 Å². The van der Waals surface area contributed by atoms with Crippen molar-refractivity contribution in [2.75, 3.05) is 0 Å². The van der Waals surface area contributed by atoms with Gasteiger partial charge in [0, 0.05) is 0 Å². The van der Waals surface area contributed by atoms with Crippen LogP contribution in [0.1, 0.15) is 0 Å². The lowest BCUT2D eigenvalue weighted by Gasteiger charge is -2.39. The van der Waals surface area contributed by atoms with Gasteiger partial charge in [0.05, 0.1) is 12.2 Å². The van der Waals surface area contributed by atoms with Gasteiger partial charge in [0.2, 0.25) is 0 Å². The van der Waals surface area contributed by atoms with E-state index in [4.69, 9.17) is 0 Å². The largest absolute Gasteiger partial charge is 0.391 e. The third kappa shape index (κ3) is 5.77. The Morgan fingerprint density at radius 3 is 0.614 bits per heavy atom. The molecule has 0 aliphatic rings. The number of aliphatic hydroxyl groups excluding tert-OH is 2. The van der Waals surface area contributed by atoms with Crippen molar-refractivity contribution in [3.05, 3.63) is 182 Å². The summed E-state index contributed by atoms with van der Waals surface area (Å²) in [6.45, 7) is 0. The fourth-order valence-corrected chi connectivity index (χ4v) is 16.7. The number of aliphatic hydroxyl groups is 2.